The molecule has 1 aromatic rings. The maximum absolute atomic E-state index is 6.26. The molecule has 16 heavy (non-hydrogen) atoms. The first-order valence-corrected chi connectivity index (χ1v) is 6.36. The van der Waals surface area contributed by atoms with Crippen LogP contribution in [0.15, 0.2) is 22.7 Å². The van der Waals surface area contributed by atoms with Crippen LogP contribution in [0.1, 0.15) is 30.5 Å². The summed E-state index contributed by atoms with van der Waals surface area (Å²) >= 11 is 3.61. The summed E-state index contributed by atoms with van der Waals surface area (Å²) in [7, 11) is 1.72. The summed E-state index contributed by atoms with van der Waals surface area (Å²) < 4.78 is 6.22. The van der Waals surface area contributed by atoms with Gasteiger partial charge < -0.3 is 10.5 Å². The van der Waals surface area contributed by atoms with Crippen LogP contribution in [0.4, 0.5) is 0 Å². The molecule has 0 bridgehead atoms. The summed E-state index contributed by atoms with van der Waals surface area (Å²) in [6, 6.07) is 6.29. The number of aryl methyl sites for hydroxylation is 1. The standard InChI is InChI=1S/C13H20BrNO/c1-9-5-4-6-11(12(9)14)13(15)10(2)7-8-16-3/h4-6,10,13H,7-8,15H2,1-3H3. The SMILES string of the molecule is COCCC(C)C(N)c1cccc(C)c1Br. The lowest BCUT2D eigenvalue weighted by Gasteiger charge is -2.21. The molecule has 3 heteroatoms. The zero-order valence-electron chi connectivity index (χ0n) is 10.2. The van der Waals surface area contributed by atoms with Crippen LogP contribution in [-0.2, 0) is 4.74 Å². The van der Waals surface area contributed by atoms with E-state index in [1.54, 1.807) is 7.11 Å². The Labute approximate surface area is 106 Å². The second-order valence-corrected chi connectivity index (χ2v) is 5.06. The molecule has 0 saturated carbocycles. The van der Waals surface area contributed by atoms with Crippen molar-refractivity contribution in [2.45, 2.75) is 26.3 Å². The van der Waals surface area contributed by atoms with Crippen LogP contribution in [0.3, 0.4) is 0 Å². The fourth-order valence-corrected chi connectivity index (χ4v) is 2.25. The van der Waals surface area contributed by atoms with Gasteiger partial charge in [-0.25, -0.2) is 0 Å². The number of nitrogens with two attached hydrogens (primary N) is 1. The molecule has 2 atom stereocenters. The maximum atomic E-state index is 6.26. The predicted molar refractivity (Wildman–Crippen MR) is 71.5 cm³/mol. The highest BCUT2D eigenvalue weighted by Crippen LogP contribution is 2.30. The fourth-order valence-electron chi connectivity index (χ4n) is 1.72. The second kappa shape index (κ2) is 6.38. The number of halogens is 1. The van der Waals surface area contributed by atoms with E-state index < -0.39 is 0 Å². The van der Waals surface area contributed by atoms with Gasteiger partial charge in [0.2, 0.25) is 0 Å². The van der Waals surface area contributed by atoms with Crippen molar-refractivity contribution < 1.29 is 4.74 Å². The van der Waals surface area contributed by atoms with Gasteiger partial charge in [-0.15, -0.1) is 0 Å². The van der Waals surface area contributed by atoms with Crippen molar-refractivity contribution in [2.75, 3.05) is 13.7 Å². The third kappa shape index (κ3) is 3.30. The van der Waals surface area contributed by atoms with Gasteiger partial charge in [0.15, 0.2) is 0 Å². The quantitative estimate of drug-likeness (QED) is 0.900. The van der Waals surface area contributed by atoms with E-state index in [0.29, 0.717) is 5.92 Å². The summed E-state index contributed by atoms with van der Waals surface area (Å²) in [4.78, 5) is 0. The molecule has 0 aliphatic carbocycles. The number of methoxy groups -OCH3 is 1. The summed E-state index contributed by atoms with van der Waals surface area (Å²) in [5.74, 6) is 0.415. The minimum absolute atomic E-state index is 0.0597. The Hall–Kier alpha value is -0.380. The second-order valence-electron chi connectivity index (χ2n) is 4.26. The Morgan fingerprint density at radius 2 is 2.12 bits per heavy atom. The third-order valence-electron chi connectivity index (χ3n) is 2.97. The molecule has 1 rings (SSSR count). The lowest BCUT2D eigenvalue weighted by molar-refractivity contribution is 0.174. The van der Waals surface area contributed by atoms with Crippen LogP contribution < -0.4 is 5.73 Å². The zero-order valence-corrected chi connectivity index (χ0v) is 11.8. The number of rotatable bonds is 5. The molecule has 0 aromatic heterocycles. The normalized spacial score (nSPS) is 14.8. The van der Waals surface area contributed by atoms with Crippen LogP contribution in [0.5, 0.6) is 0 Å². The molecule has 0 radical (unpaired) electrons. The molecule has 0 heterocycles. The van der Waals surface area contributed by atoms with Gasteiger partial charge in [-0.1, -0.05) is 41.1 Å². The Balaban J connectivity index is 2.79. The maximum Gasteiger partial charge on any atom is 0.0465 e. The Morgan fingerprint density at radius 1 is 1.44 bits per heavy atom. The van der Waals surface area contributed by atoms with Crippen molar-refractivity contribution in [2.24, 2.45) is 11.7 Å². The van der Waals surface area contributed by atoms with Crippen molar-refractivity contribution in [1.29, 1.82) is 0 Å². The van der Waals surface area contributed by atoms with Gasteiger partial charge in [0, 0.05) is 24.2 Å². The highest BCUT2D eigenvalue weighted by Gasteiger charge is 2.17. The van der Waals surface area contributed by atoms with E-state index in [0.717, 1.165) is 17.5 Å². The Kier molecular flexibility index (Phi) is 5.46. The third-order valence-corrected chi connectivity index (χ3v) is 4.05. The van der Waals surface area contributed by atoms with Crippen molar-refractivity contribution in [3.8, 4) is 0 Å². The molecule has 2 unspecified atom stereocenters. The molecular formula is C13H20BrNO. The number of hydrogen-bond donors (Lipinski definition) is 1. The van der Waals surface area contributed by atoms with Crippen LogP contribution in [0, 0.1) is 12.8 Å². The largest absolute Gasteiger partial charge is 0.385 e. The lowest BCUT2D eigenvalue weighted by atomic mass is 9.92. The van der Waals surface area contributed by atoms with E-state index in [1.807, 2.05) is 0 Å². The molecule has 0 saturated heterocycles. The first kappa shape index (κ1) is 13.7. The van der Waals surface area contributed by atoms with Crippen LogP contribution >= 0.6 is 15.9 Å². The zero-order chi connectivity index (χ0) is 12.1. The molecule has 0 amide bonds. The van der Waals surface area contributed by atoms with Gasteiger partial charge in [0.1, 0.15) is 0 Å². The molecule has 2 N–H and O–H groups in total. The summed E-state index contributed by atoms with van der Waals surface area (Å²) in [6.45, 7) is 5.01. The molecule has 0 spiro atoms. The van der Waals surface area contributed by atoms with Gasteiger partial charge in [-0.3, -0.25) is 0 Å². The number of ether oxygens (including phenoxy) is 1. The van der Waals surface area contributed by atoms with Crippen LogP contribution in [0.25, 0.3) is 0 Å². The van der Waals surface area contributed by atoms with E-state index in [9.17, 15) is 0 Å². The molecule has 0 fully saturated rings. The van der Waals surface area contributed by atoms with E-state index in [-0.39, 0.29) is 6.04 Å². The molecule has 90 valence electrons. The monoisotopic (exact) mass is 285 g/mol. The lowest BCUT2D eigenvalue weighted by Crippen LogP contribution is -2.21. The molecule has 0 aliphatic heterocycles. The van der Waals surface area contributed by atoms with Crippen molar-refractivity contribution >= 4 is 15.9 Å². The summed E-state index contributed by atoms with van der Waals surface area (Å²) in [5.41, 5.74) is 8.68. The van der Waals surface area contributed by atoms with Crippen LogP contribution in [0.2, 0.25) is 0 Å². The van der Waals surface area contributed by atoms with Crippen LogP contribution in [-0.4, -0.2) is 13.7 Å². The summed E-state index contributed by atoms with van der Waals surface area (Å²) in [5, 5.41) is 0. The average molecular weight is 286 g/mol. The van der Waals surface area contributed by atoms with Gasteiger partial charge in [0.25, 0.3) is 0 Å². The van der Waals surface area contributed by atoms with Gasteiger partial charge >= 0.3 is 0 Å². The van der Waals surface area contributed by atoms with Gasteiger partial charge in [-0.05, 0) is 30.4 Å². The van der Waals surface area contributed by atoms with E-state index in [4.69, 9.17) is 10.5 Å². The average Bonchev–Trinajstić information content (AvgIpc) is 2.28. The topological polar surface area (TPSA) is 35.2 Å². The minimum atomic E-state index is 0.0597. The predicted octanol–water partition coefficient (Wildman–Crippen LogP) is 3.43. The minimum Gasteiger partial charge on any atom is -0.385 e. The Morgan fingerprint density at radius 3 is 2.75 bits per heavy atom. The van der Waals surface area contributed by atoms with Crippen molar-refractivity contribution in [1.82, 2.24) is 0 Å². The molecule has 1 aromatic carbocycles. The van der Waals surface area contributed by atoms with Crippen molar-refractivity contribution in [3.05, 3.63) is 33.8 Å². The summed E-state index contributed by atoms with van der Waals surface area (Å²) in [6.07, 6.45) is 0.984. The number of benzene rings is 1. The molecular weight excluding hydrogens is 266 g/mol. The molecule has 0 aliphatic rings. The van der Waals surface area contributed by atoms with Gasteiger partial charge in [-0.2, -0.15) is 0 Å². The van der Waals surface area contributed by atoms with Gasteiger partial charge in [0.05, 0.1) is 0 Å². The fraction of sp³-hybridized carbons (Fsp3) is 0.538. The Bertz CT molecular complexity index is 341. The highest BCUT2D eigenvalue weighted by molar-refractivity contribution is 9.10. The van der Waals surface area contributed by atoms with E-state index in [1.165, 1.54) is 11.1 Å². The van der Waals surface area contributed by atoms with E-state index in [2.05, 4.69) is 48.0 Å². The van der Waals surface area contributed by atoms with Crippen molar-refractivity contribution in [3.63, 3.8) is 0 Å². The first-order chi connectivity index (χ1) is 7.57. The first-order valence-electron chi connectivity index (χ1n) is 5.57. The smallest absolute Gasteiger partial charge is 0.0465 e. The molecule has 2 nitrogen and oxygen atoms in total. The highest BCUT2D eigenvalue weighted by atomic mass is 79.9. The number of hydrogen-bond acceptors (Lipinski definition) is 2. The van der Waals surface area contributed by atoms with E-state index >= 15 is 0 Å².